The minimum absolute atomic E-state index is 0.0245. The summed E-state index contributed by atoms with van der Waals surface area (Å²) < 4.78 is 38.0. The van der Waals surface area contributed by atoms with Crippen molar-refractivity contribution in [2.75, 3.05) is 19.3 Å². The van der Waals surface area contributed by atoms with Gasteiger partial charge < -0.3 is 5.32 Å². The number of hydrogen-bond acceptors (Lipinski definition) is 3. The molecule has 0 spiro atoms. The van der Waals surface area contributed by atoms with E-state index in [1.165, 1.54) is 16.6 Å². The third kappa shape index (κ3) is 5.00. The van der Waals surface area contributed by atoms with E-state index in [9.17, 15) is 17.6 Å². The van der Waals surface area contributed by atoms with Gasteiger partial charge in [-0.25, -0.2) is 17.1 Å². The van der Waals surface area contributed by atoms with Gasteiger partial charge >= 0.3 is 0 Å². The number of hydrogen-bond donors (Lipinski definition) is 1. The highest BCUT2D eigenvalue weighted by Gasteiger charge is 2.27. The molecule has 1 amide bonds. The molecule has 1 fully saturated rings. The minimum atomic E-state index is -3.16. The summed E-state index contributed by atoms with van der Waals surface area (Å²) >= 11 is 0. The van der Waals surface area contributed by atoms with Crippen LogP contribution in [0.5, 0.6) is 0 Å². The van der Waals surface area contributed by atoms with Crippen LogP contribution in [0.2, 0.25) is 0 Å². The van der Waals surface area contributed by atoms with E-state index in [4.69, 9.17) is 0 Å². The first kappa shape index (κ1) is 17.9. The molecule has 1 aromatic carbocycles. The third-order valence-electron chi connectivity index (χ3n) is 4.20. The Morgan fingerprint density at radius 1 is 1.35 bits per heavy atom. The van der Waals surface area contributed by atoms with Gasteiger partial charge in [0.1, 0.15) is 5.82 Å². The predicted molar refractivity (Wildman–Crippen MR) is 86.8 cm³/mol. The largest absolute Gasteiger partial charge is 0.353 e. The molecule has 1 aromatic rings. The van der Waals surface area contributed by atoms with Crippen LogP contribution in [0.4, 0.5) is 4.39 Å². The molecule has 0 unspecified atom stereocenters. The molecule has 1 saturated heterocycles. The highest BCUT2D eigenvalue weighted by atomic mass is 32.2. The van der Waals surface area contributed by atoms with Crippen molar-refractivity contribution in [2.45, 2.75) is 32.2 Å². The lowest BCUT2D eigenvalue weighted by Crippen LogP contribution is -2.47. The zero-order valence-electron chi connectivity index (χ0n) is 13.5. The summed E-state index contributed by atoms with van der Waals surface area (Å²) in [5.41, 5.74) is 0.530. The maximum absolute atomic E-state index is 13.6. The lowest BCUT2D eigenvalue weighted by molar-refractivity contribution is -0.125. The van der Waals surface area contributed by atoms with Crippen LogP contribution in [0.3, 0.4) is 0 Å². The monoisotopic (exact) mass is 342 g/mol. The van der Waals surface area contributed by atoms with Crippen molar-refractivity contribution >= 4 is 15.9 Å². The average Bonchev–Trinajstić information content (AvgIpc) is 2.49. The van der Waals surface area contributed by atoms with Crippen molar-refractivity contribution in [1.82, 2.24) is 9.62 Å². The normalized spacial score (nSPS) is 18.6. The van der Waals surface area contributed by atoms with E-state index >= 15 is 0 Å². The van der Waals surface area contributed by atoms with Gasteiger partial charge in [0.05, 0.1) is 6.26 Å². The summed E-state index contributed by atoms with van der Waals surface area (Å²) in [6, 6.07) is 6.43. The second-order valence-corrected chi connectivity index (χ2v) is 8.12. The molecule has 1 N–H and O–H groups in total. The number of piperidine rings is 1. The Morgan fingerprint density at radius 2 is 1.96 bits per heavy atom. The Hall–Kier alpha value is -1.47. The van der Waals surface area contributed by atoms with Crippen LogP contribution in [0.25, 0.3) is 0 Å². The molecule has 128 valence electrons. The standard InChI is InChI=1S/C16H23FN2O3S/c1-12(11-13-5-3-4-6-15(13)17)16(20)18-14-7-9-19(10-8-14)23(2,21)22/h3-6,12,14H,7-11H2,1-2H3,(H,18,20)/t12-/m1/s1. The van der Waals surface area contributed by atoms with Crippen molar-refractivity contribution in [1.29, 1.82) is 0 Å². The van der Waals surface area contributed by atoms with Crippen molar-refractivity contribution < 1.29 is 17.6 Å². The number of amides is 1. The van der Waals surface area contributed by atoms with Gasteiger partial charge in [-0.1, -0.05) is 25.1 Å². The topological polar surface area (TPSA) is 66.5 Å². The minimum Gasteiger partial charge on any atom is -0.353 e. The first-order chi connectivity index (χ1) is 10.8. The Labute approximate surface area is 136 Å². The number of carbonyl (C=O) groups is 1. The van der Waals surface area contributed by atoms with Gasteiger partial charge in [0.15, 0.2) is 0 Å². The zero-order chi connectivity index (χ0) is 17.0. The molecular formula is C16H23FN2O3S. The highest BCUT2D eigenvalue weighted by Crippen LogP contribution is 2.16. The van der Waals surface area contributed by atoms with Crippen LogP contribution in [-0.2, 0) is 21.2 Å². The zero-order valence-corrected chi connectivity index (χ0v) is 14.3. The summed E-state index contributed by atoms with van der Waals surface area (Å²) in [7, 11) is -3.16. The van der Waals surface area contributed by atoms with Gasteiger partial charge in [0.25, 0.3) is 0 Å². The first-order valence-electron chi connectivity index (χ1n) is 7.76. The number of rotatable bonds is 5. The Balaban J connectivity index is 1.84. The fourth-order valence-electron chi connectivity index (χ4n) is 2.76. The Bertz CT molecular complexity index is 655. The smallest absolute Gasteiger partial charge is 0.223 e. The molecule has 1 aliphatic rings. The SMILES string of the molecule is C[C@H](Cc1ccccc1F)C(=O)NC1CCN(S(C)(=O)=O)CC1. The van der Waals surface area contributed by atoms with Crippen molar-refractivity contribution in [3.63, 3.8) is 0 Å². The van der Waals surface area contributed by atoms with Crippen molar-refractivity contribution in [3.8, 4) is 0 Å². The predicted octanol–water partition coefficient (Wildman–Crippen LogP) is 1.54. The Morgan fingerprint density at radius 3 is 2.52 bits per heavy atom. The number of halogens is 1. The van der Waals surface area contributed by atoms with Crippen LogP contribution in [0.1, 0.15) is 25.3 Å². The summed E-state index contributed by atoms with van der Waals surface area (Å²) in [6.07, 6.45) is 2.75. The highest BCUT2D eigenvalue weighted by molar-refractivity contribution is 7.88. The van der Waals surface area contributed by atoms with Gasteiger partial charge in [-0.2, -0.15) is 0 Å². The molecule has 1 heterocycles. The molecule has 1 aliphatic heterocycles. The van der Waals surface area contributed by atoms with Gasteiger partial charge in [0.2, 0.25) is 15.9 Å². The van der Waals surface area contributed by atoms with E-state index in [2.05, 4.69) is 5.32 Å². The van der Waals surface area contributed by atoms with Crippen LogP contribution < -0.4 is 5.32 Å². The van der Waals surface area contributed by atoms with Gasteiger partial charge in [-0.3, -0.25) is 4.79 Å². The van der Waals surface area contributed by atoms with Gasteiger partial charge in [0, 0.05) is 25.0 Å². The lowest BCUT2D eigenvalue weighted by Gasteiger charge is -2.31. The first-order valence-corrected chi connectivity index (χ1v) is 9.61. The lowest BCUT2D eigenvalue weighted by atomic mass is 9.98. The number of benzene rings is 1. The number of nitrogens with zero attached hydrogens (tertiary/aromatic N) is 1. The second-order valence-electron chi connectivity index (χ2n) is 6.14. The molecule has 0 radical (unpaired) electrons. The molecule has 0 saturated carbocycles. The summed E-state index contributed by atoms with van der Waals surface area (Å²) in [5, 5.41) is 2.95. The van der Waals surface area contributed by atoms with Crippen molar-refractivity contribution in [2.24, 2.45) is 5.92 Å². The van der Waals surface area contributed by atoms with E-state index in [-0.39, 0.29) is 23.7 Å². The molecule has 5 nitrogen and oxygen atoms in total. The molecule has 0 bridgehead atoms. The van der Waals surface area contributed by atoms with Crippen LogP contribution >= 0.6 is 0 Å². The molecule has 2 rings (SSSR count). The van der Waals surface area contributed by atoms with E-state index in [1.54, 1.807) is 25.1 Å². The number of carbonyl (C=O) groups excluding carboxylic acids is 1. The van der Waals surface area contributed by atoms with Gasteiger partial charge in [-0.05, 0) is 30.9 Å². The second kappa shape index (κ2) is 7.40. The summed E-state index contributed by atoms with van der Waals surface area (Å²) in [6.45, 7) is 2.62. The fourth-order valence-corrected chi connectivity index (χ4v) is 3.64. The maximum atomic E-state index is 13.6. The summed E-state index contributed by atoms with van der Waals surface area (Å²) in [5.74, 6) is -0.750. The summed E-state index contributed by atoms with van der Waals surface area (Å²) in [4.78, 5) is 12.2. The van der Waals surface area contributed by atoms with E-state index in [0.717, 1.165) is 0 Å². The molecule has 23 heavy (non-hydrogen) atoms. The molecule has 0 aromatic heterocycles. The van der Waals surface area contributed by atoms with Crippen molar-refractivity contribution in [3.05, 3.63) is 35.6 Å². The fraction of sp³-hybridized carbons (Fsp3) is 0.562. The van der Waals surface area contributed by atoms with Crippen LogP contribution in [0.15, 0.2) is 24.3 Å². The molecule has 1 atom stereocenters. The quantitative estimate of drug-likeness (QED) is 0.883. The molecule has 0 aliphatic carbocycles. The Kier molecular flexibility index (Phi) is 5.75. The maximum Gasteiger partial charge on any atom is 0.223 e. The van der Waals surface area contributed by atoms with Crippen LogP contribution in [0, 0.1) is 11.7 Å². The molecular weight excluding hydrogens is 319 g/mol. The average molecular weight is 342 g/mol. The van der Waals surface area contributed by atoms with Gasteiger partial charge in [-0.15, -0.1) is 0 Å². The van der Waals surface area contributed by atoms with E-state index < -0.39 is 10.0 Å². The number of sulfonamides is 1. The molecule has 7 heteroatoms. The third-order valence-corrected chi connectivity index (χ3v) is 5.50. The van der Waals surface area contributed by atoms with E-state index in [0.29, 0.717) is 37.9 Å². The van der Waals surface area contributed by atoms with Crippen LogP contribution in [-0.4, -0.2) is 44.0 Å². The van der Waals surface area contributed by atoms with E-state index in [1.807, 2.05) is 0 Å². The number of nitrogens with one attached hydrogen (secondary N) is 1.